The molecule has 0 atom stereocenters. The van der Waals surface area contributed by atoms with Gasteiger partial charge in [0, 0.05) is 25.5 Å². The van der Waals surface area contributed by atoms with Crippen molar-refractivity contribution in [1.29, 1.82) is 0 Å². The summed E-state index contributed by atoms with van der Waals surface area (Å²) in [5, 5.41) is 0. The van der Waals surface area contributed by atoms with Gasteiger partial charge in [-0.1, -0.05) is 12.1 Å². The predicted octanol–water partition coefficient (Wildman–Crippen LogP) is 3.24. The van der Waals surface area contributed by atoms with Gasteiger partial charge >= 0.3 is 0 Å². The zero-order valence-corrected chi connectivity index (χ0v) is 13.1. The standard InChI is InChI=1S/C19H21FN2O/c20-18-3-1-2-17(13-18)14-19(23)22-10-6-16(7-11-22)12-15-4-8-21-9-5-15/h1-5,8-9,13,16H,6-7,10-12,14H2. The fraction of sp³-hybridized carbons (Fsp3) is 0.368. The summed E-state index contributed by atoms with van der Waals surface area (Å²) in [5.41, 5.74) is 2.05. The van der Waals surface area contributed by atoms with Crippen LogP contribution in [0.2, 0.25) is 0 Å². The van der Waals surface area contributed by atoms with Crippen molar-refractivity contribution >= 4 is 5.91 Å². The number of amides is 1. The third kappa shape index (κ3) is 4.38. The minimum Gasteiger partial charge on any atom is -0.342 e. The molecule has 1 saturated heterocycles. The molecule has 0 radical (unpaired) electrons. The van der Waals surface area contributed by atoms with Gasteiger partial charge in [-0.05, 0) is 60.6 Å². The largest absolute Gasteiger partial charge is 0.342 e. The number of rotatable bonds is 4. The van der Waals surface area contributed by atoms with E-state index < -0.39 is 0 Å². The van der Waals surface area contributed by atoms with Crippen molar-refractivity contribution < 1.29 is 9.18 Å². The monoisotopic (exact) mass is 312 g/mol. The summed E-state index contributed by atoms with van der Waals surface area (Å²) in [6.07, 6.45) is 7.04. The second-order valence-corrected chi connectivity index (χ2v) is 6.19. The number of piperidine rings is 1. The summed E-state index contributed by atoms with van der Waals surface area (Å²) in [5.74, 6) is 0.430. The average Bonchev–Trinajstić information content (AvgIpc) is 2.56. The maximum Gasteiger partial charge on any atom is 0.226 e. The molecule has 1 aliphatic heterocycles. The summed E-state index contributed by atoms with van der Waals surface area (Å²) in [7, 11) is 0. The van der Waals surface area contributed by atoms with Gasteiger partial charge < -0.3 is 4.90 Å². The molecule has 1 amide bonds. The molecule has 1 aromatic heterocycles. The van der Waals surface area contributed by atoms with Crippen LogP contribution in [0.3, 0.4) is 0 Å². The molecule has 2 heterocycles. The van der Waals surface area contributed by atoms with Crippen LogP contribution in [0.5, 0.6) is 0 Å². The number of nitrogens with zero attached hydrogens (tertiary/aromatic N) is 2. The van der Waals surface area contributed by atoms with E-state index in [1.807, 2.05) is 17.3 Å². The average molecular weight is 312 g/mol. The molecule has 0 N–H and O–H groups in total. The minimum absolute atomic E-state index is 0.0953. The third-order valence-electron chi connectivity index (χ3n) is 4.49. The lowest BCUT2D eigenvalue weighted by Crippen LogP contribution is -2.39. The van der Waals surface area contributed by atoms with Gasteiger partial charge in [-0.25, -0.2) is 4.39 Å². The van der Waals surface area contributed by atoms with Crippen LogP contribution in [-0.4, -0.2) is 28.9 Å². The number of hydrogen-bond donors (Lipinski definition) is 0. The van der Waals surface area contributed by atoms with Crippen LogP contribution in [0.15, 0.2) is 48.8 Å². The van der Waals surface area contributed by atoms with Gasteiger partial charge in [0.1, 0.15) is 5.82 Å². The highest BCUT2D eigenvalue weighted by molar-refractivity contribution is 5.78. The highest BCUT2D eigenvalue weighted by atomic mass is 19.1. The fourth-order valence-electron chi connectivity index (χ4n) is 3.17. The van der Waals surface area contributed by atoms with Crippen molar-refractivity contribution in [3.05, 3.63) is 65.7 Å². The van der Waals surface area contributed by atoms with Crippen LogP contribution < -0.4 is 0 Å². The van der Waals surface area contributed by atoms with Gasteiger partial charge in [-0.2, -0.15) is 0 Å². The van der Waals surface area contributed by atoms with E-state index in [1.165, 1.54) is 17.7 Å². The Balaban J connectivity index is 1.49. The van der Waals surface area contributed by atoms with Crippen molar-refractivity contribution in [3.8, 4) is 0 Å². The first-order valence-electron chi connectivity index (χ1n) is 8.12. The Hall–Kier alpha value is -2.23. The van der Waals surface area contributed by atoms with Gasteiger partial charge in [-0.15, -0.1) is 0 Å². The van der Waals surface area contributed by atoms with Crippen molar-refractivity contribution in [2.45, 2.75) is 25.7 Å². The lowest BCUT2D eigenvalue weighted by Gasteiger charge is -2.32. The molecule has 0 aliphatic carbocycles. The molecule has 23 heavy (non-hydrogen) atoms. The Morgan fingerprint density at radius 3 is 2.57 bits per heavy atom. The number of aromatic nitrogens is 1. The van der Waals surface area contributed by atoms with Crippen LogP contribution in [0.4, 0.5) is 4.39 Å². The van der Waals surface area contributed by atoms with E-state index in [0.29, 0.717) is 5.92 Å². The van der Waals surface area contributed by atoms with Crippen LogP contribution in [-0.2, 0) is 17.6 Å². The van der Waals surface area contributed by atoms with E-state index in [4.69, 9.17) is 0 Å². The van der Waals surface area contributed by atoms with Crippen molar-refractivity contribution in [2.24, 2.45) is 5.92 Å². The van der Waals surface area contributed by atoms with Gasteiger partial charge in [0.2, 0.25) is 5.91 Å². The second-order valence-electron chi connectivity index (χ2n) is 6.19. The predicted molar refractivity (Wildman–Crippen MR) is 87.3 cm³/mol. The van der Waals surface area contributed by atoms with Crippen molar-refractivity contribution in [1.82, 2.24) is 9.88 Å². The van der Waals surface area contributed by atoms with Crippen LogP contribution in [0.1, 0.15) is 24.0 Å². The lowest BCUT2D eigenvalue weighted by atomic mass is 9.90. The normalized spacial score (nSPS) is 15.6. The van der Waals surface area contributed by atoms with E-state index in [0.717, 1.165) is 37.9 Å². The summed E-state index contributed by atoms with van der Waals surface area (Å²) < 4.78 is 13.2. The Morgan fingerprint density at radius 2 is 1.87 bits per heavy atom. The molecule has 4 heteroatoms. The molecular formula is C19H21FN2O. The number of pyridine rings is 1. The fourth-order valence-corrected chi connectivity index (χ4v) is 3.17. The summed E-state index contributed by atoms with van der Waals surface area (Å²) in [4.78, 5) is 18.3. The van der Waals surface area contributed by atoms with E-state index in [-0.39, 0.29) is 18.1 Å². The van der Waals surface area contributed by atoms with E-state index in [9.17, 15) is 9.18 Å². The molecule has 3 nitrogen and oxygen atoms in total. The molecule has 0 unspecified atom stereocenters. The molecule has 1 fully saturated rings. The molecule has 0 spiro atoms. The lowest BCUT2D eigenvalue weighted by molar-refractivity contribution is -0.131. The number of carbonyl (C=O) groups is 1. The van der Waals surface area contributed by atoms with Crippen LogP contribution >= 0.6 is 0 Å². The molecule has 0 saturated carbocycles. The van der Waals surface area contributed by atoms with Gasteiger partial charge in [0.25, 0.3) is 0 Å². The molecule has 120 valence electrons. The number of hydrogen-bond acceptors (Lipinski definition) is 2. The molecule has 1 aromatic carbocycles. The SMILES string of the molecule is O=C(Cc1cccc(F)c1)N1CCC(Cc2ccncc2)CC1. The van der Waals surface area contributed by atoms with Crippen molar-refractivity contribution in [2.75, 3.05) is 13.1 Å². The van der Waals surface area contributed by atoms with Gasteiger partial charge in [0.15, 0.2) is 0 Å². The van der Waals surface area contributed by atoms with Crippen LogP contribution in [0, 0.1) is 11.7 Å². The number of likely N-dealkylation sites (tertiary alicyclic amines) is 1. The van der Waals surface area contributed by atoms with Gasteiger partial charge in [0.05, 0.1) is 6.42 Å². The maximum atomic E-state index is 13.2. The number of halogens is 1. The van der Waals surface area contributed by atoms with Gasteiger partial charge in [-0.3, -0.25) is 9.78 Å². The Labute approximate surface area is 136 Å². The van der Waals surface area contributed by atoms with Crippen molar-refractivity contribution in [3.63, 3.8) is 0 Å². The highest BCUT2D eigenvalue weighted by Gasteiger charge is 2.23. The Morgan fingerprint density at radius 1 is 1.13 bits per heavy atom. The smallest absolute Gasteiger partial charge is 0.226 e. The summed E-state index contributed by atoms with van der Waals surface area (Å²) in [6, 6.07) is 10.4. The minimum atomic E-state index is -0.286. The Bertz CT molecular complexity index is 651. The van der Waals surface area contributed by atoms with E-state index in [2.05, 4.69) is 17.1 Å². The zero-order chi connectivity index (χ0) is 16.1. The second kappa shape index (κ2) is 7.36. The van der Waals surface area contributed by atoms with E-state index >= 15 is 0 Å². The maximum absolute atomic E-state index is 13.2. The molecule has 1 aliphatic rings. The number of benzene rings is 1. The summed E-state index contributed by atoms with van der Waals surface area (Å²) >= 11 is 0. The number of carbonyl (C=O) groups excluding carboxylic acids is 1. The first-order valence-corrected chi connectivity index (χ1v) is 8.12. The van der Waals surface area contributed by atoms with E-state index in [1.54, 1.807) is 12.1 Å². The van der Waals surface area contributed by atoms with Crippen LogP contribution in [0.25, 0.3) is 0 Å². The molecule has 0 bridgehead atoms. The summed E-state index contributed by atoms with van der Waals surface area (Å²) in [6.45, 7) is 1.59. The third-order valence-corrected chi connectivity index (χ3v) is 4.49. The molecular weight excluding hydrogens is 291 g/mol. The molecule has 2 aromatic rings. The zero-order valence-electron chi connectivity index (χ0n) is 13.1. The molecule has 3 rings (SSSR count). The first kappa shape index (κ1) is 15.7. The highest BCUT2D eigenvalue weighted by Crippen LogP contribution is 2.22. The topological polar surface area (TPSA) is 33.2 Å². The quantitative estimate of drug-likeness (QED) is 0.868. The Kier molecular flexibility index (Phi) is 5.01. The first-order chi connectivity index (χ1) is 11.2.